The van der Waals surface area contributed by atoms with E-state index in [-0.39, 0.29) is 29.4 Å². The fourth-order valence-electron chi connectivity index (χ4n) is 2.62. The summed E-state index contributed by atoms with van der Waals surface area (Å²) in [6.07, 6.45) is 0. The van der Waals surface area contributed by atoms with E-state index in [0.717, 1.165) is 28.1 Å². The zero-order chi connectivity index (χ0) is 19.8. The Morgan fingerprint density at radius 3 is 2.30 bits per heavy atom. The molecule has 0 heterocycles. The molecule has 2 amide bonds. The van der Waals surface area contributed by atoms with Crippen LogP contribution < -0.4 is 15.4 Å². The molecule has 0 aliphatic rings. The SMILES string of the molecule is COc1ccc(C)cc1[C@@H](C)NC(=O)CSCC(=O)Nc1ccc(C)cc1. The molecule has 0 saturated heterocycles. The highest BCUT2D eigenvalue weighted by Gasteiger charge is 2.15. The molecule has 2 rings (SSSR count). The molecule has 144 valence electrons. The van der Waals surface area contributed by atoms with Gasteiger partial charge in [0.25, 0.3) is 0 Å². The number of hydrogen-bond donors (Lipinski definition) is 2. The van der Waals surface area contributed by atoms with E-state index >= 15 is 0 Å². The summed E-state index contributed by atoms with van der Waals surface area (Å²) in [6, 6.07) is 13.3. The zero-order valence-electron chi connectivity index (χ0n) is 16.2. The number of benzene rings is 2. The normalized spacial score (nSPS) is 11.6. The van der Waals surface area contributed by atoms with Crippen molar-refractivity contribution in [3.05, 3.63) is 59.2 Å². The molecule has 0 fully saturated rings. The molecule has 0 spiro atoms. The van der Waals surface area contributed by atoms with Gasteiger partial charge in [-0.05, 0) is 39.0 Å². The summed E-state index contributed by atoms with van der Waals surface area (Å²) in [4.78, 5) is 24.1. The first-order chi connectivity index (χ1) is 12.9. The highest BCUT2D eigenvalue weighted by Crippen LogP contribution is 2.26. The second-order valence-corrected chi connectivity index (χ2v) is 7.43. The number of amides is 2. The van der Waals surface area contributed by atoms with Crippen LogP contribution in [-0.4, -0.2) is 30.4 Å². The molecule has 0 saturated carbocycles. The van der Waals surface area contributed by atoms with Gasteiger partial charge in [-0.3, -0.25) is 9.59 Å². The molecule has 0 aliphatic heterocycles. The van der Waals surface area contributed by atoms with Gasteiger partial charge >= 0.3 is 0 Å². The van der Waals surface area contributed by atoms with Gasteiger partial charge in [-0.1, -0.05) is 35.4 Å². The minimum Gasteiger partial charge on any atom is -0.496 e. The minimum atomic E-state index is -0.172. The lowest BCUT2D eigenvalue weighted by atomic mass is 10.0. The van der Waals surface area contributed by atoms with Crippen molar-refractivity contribution in [2.75, 3.05) is 23.9 Å². The first-order valence-corrected chi connectivity index (χ1v) is 9.92. The number of aryl methyl sites for hydroxylation is 2. The smallest absolute Gasteiger partial charge is 0.234 e. The van der Waals surface area contributed by atoms with Crippen LogP contribution in [0, 0.1) is 13.8 Å². The molecule has 5 nitrogen and oxygen atoms in total. The van der Waals surface area contributed by atoms with Crippen LogP contribution in [0.3, 0.4) is 0 Å². The number of hydrogen-bond acceptors (Lipinski definition) is 4. The molecule has 6 heteroatoms. The number of carbonyl (C=O) groups is 2. The van der Waals surface area contributed by atoms with Gasteiger partial charge in [0.15, 0.2) is 0 Å². The minimum absolute atomic E-state index is 0.112. The highest BCUT2D eigenvalue weighted by molar-refractivity contribution is 8.00. The van der Waals surface area contributed by atoms with Crippen molar-refractivity contribution >= 4 is 29.3 Å². The number of ether oxygens (including phenoxy) is 1. The van der Waals surface area contributed by atoms with Crippen molar-refractivity contribution in [3.8, 4) is 5.75 Å². The van der Waals surface area contributed by atoms with E-state index in [0.29, 0.717) is 0 Å². The average Bonchev–Trinajstić information content (AvgIpc) is 2.63. The first kappa shape index (κ1) is 20.8. The number of methoxy groups -OCH3 is 1. The molecule has 0 aliphatic carbocycles. The van der Waals surface area contributed by atoms with Gasteiger partial charge < -0.3 is 15.4 Å². The van der Waals surface area contributed by atoms with Gasteiger partial charge in [0.05, 0.1) is 24.7 Å². The second-order valence-electron chi connectivity index (χ2n) is 6.44. The summed E-state index contributed by atoms with van der Waals surface area (Å²) in [5.74, 6) is 0.964. The van der Waals surface area contributed by atoms with Crippen LogP contribution in [0.4, 0.5) is 5.69 Å². The third kappa shape index (κ3) is 6.64. The maximum Gasteiger partial charge on any atom is 0.234 e. The Bertz CT molecular complexity index is 791. The summed E-state index contributed by atoms with van der Waals surface area (Å²) in [5.41, 5.74) is 3.94. The third-order valence-electron chi connectivity index (χ3n) is 4.03. The Hall–Kier alpha value is -2.47. The molecule has 2 N–H and O–H groups in total. The Morgan fingerprint density at radius 1 is 1.00 bits per heavy atom. The first-order valence-electron chi connectivity index (χ1n) is 8.77. The number of rotatable bonds is 8. The van der Waals surface area contributed by atoms with E-state index < -0.39 is 0 Å². The van der Waals surface area contributed by atoms with Crippen LogP contribution >= 0.6 is 11.8 Å². The molecule has 0 bridgehead atoms. The quantitative estimate of drug-likeness (QED) is 0.723. The van der Waals surface area contributed by atoms with Gasteiger partial charge in [0, 0.05) is 11.3 Å². The molecular weight excluding hydrogens is 360 g/mol. The maximum atomic E-state index is 12.2. The van der Waals surface area contributed by atoms with Crippen molar-refractivity contribution in [3.63, 3.8) is 0 Å². The lowest BCUT2D eigenvalue weighted by molar-refractivity contribution is -0.119. The fourth-order valence-corrected chi connectivity index (χ4v) is 3.25. The standard InChI is InChI=1S/C21H26N2O3S/c1-14-5-8-17(9-6-14)23-21(25)13-27-12-20(24)22-16(3)18-11-15(2)7-10-19(18)26-4/h5-11,16H,12-13H2,1-4H3,(H,22,24)(H,23,25)/t16-/m1/s1. The summed E-state index contributed by atoms with van der Waals surface area (Å²) in [5, 5.41) is 5.78. The Kier molecular flexibility index (Phi) is 7.73. The largest absolute Gasteiger partial charge is 0.496 e. The van der Waals surface area contributed by atoms with E-state index in [1.54, 1.807) is 7.11 Å². The van der Waals surface area contributed by atoms with Gasteiger partial charge in [-0.2, -0.15) is 0 Å². The molecule has 1 atom stereocenters. The van der Waals surface area contributed by atoms with Crippen LogP contribution in [0.15, 0.2) is 42.5 Å². The average molecular weight is 387 g/mol. The molecular formula is C21H26N2O3S. The van der Waals surface area contributed by atoms with Crippen LogP contribution in [-0.2, 0) is 9.59 Å². The van der Waals surface area contributed by atoms with E-state index in [9.17, 15) is 9.59 Å². The lowest BCUT2D eigenvalue weighted by Gasteiger charge is -2.18. The van der Waals surface area contributed by atoms with Crippen LogP contribution in [0.5, 0.6) is 5.75 Å². The third-order valence-corrected chi connectivity index (χ3v) is 4.96. The van der Waals surface area contributed by atoms with Gasteiger partial charge in [0.2, 0.25) is 11.8 Å². The Labute approximate surface area is 164 Å². The Morgan fingerprint density at radius 2 is 1.63 bits per heavy atom. The van der Waals surface area contributed by atoms with E-state index in [2.05, 4.69) is 10.6 Å². The van der Waals surface area contributed by atoms with Gasteiger partial charge in [-0.15, -0.1) is 11.8 Å². The van der Waals surface area contributed by atoms with Crippen LogP contribution in [0.2, 0.25) is 0 Å². The Balaban J connectivity index is 1.78. The summed E-state index contributed by atoms with van der Waals surface area (Å²) >= 11 is 1.29. The number of thioether (sulfide) groups is 1. The van der Waals surface area contributed by atoms with E-state index in [1.165, 1.54) is 11.8 Å². The van der Waals surface area contributed by atoms with Crippen molar-refractivity contribution in [2.45, 2.75) is 26.8 Å². The molecule has 0 aromatic heterocycles. The summed E-state index contributed by atoms with van der Waals surface area (Å²) < 4.78 is 5.37. The fraction of sp³-hybridized carbons (Fsp3) is 0.333. The van der Waals surface area contributed by atoms with Gasteiger partial charge in [0.1, 0.15) is 5.75 Å². The molecule has 2 aromatic rings. The van der Waals surface area contributed by atoms with Crippen molar-refractivity contribution in [1.29, 1.82) is 0 Å². The topological polar surface area (TPSA) is 67.4 Å². The van der Waals surface area contributed by atoms with Gasteiger partial charge in [-0.25, -0.2) is 0 Å². The van der Waals surface area contributed by atoms with Crippen molar-refractivity contribution in [1.82, 2.24) is 5.32 Å². The van der Waals surface area contributed by atoms with Crippen LogP contribution in [0.25, 0.3) is 0 Å². The van der Waals surface area contributed by atoms with E-state index in [1.807, 2.05) is 63.2 Å². The number of nitrogens with one attached hydrogen (secondary N) is 2. The summed E-state index contributed by atoms with van der Waals surface area (Å²) in [6.45, 7) is 5.91. The van der Waals surface area contributed by atoms with Crippen molar-refractivity contribution in [2.24, 2.45) is 0 Å². The molecule has 0 unspecified atom stereocenters. The lowest BCUT2D eigenvalue weighted by Crippen LogP contribution is -2.29. The molecule has 2 aromatic carbocycles. The maximum absolute atomic E-state index is 12.2. The predicted molar refractivity (Wildman–Crippen MR) is 111 cm³/mol. The van der Waals surface area contributed by atoms with E-state index in [4.69, 9.17) is 4.74 Å². The second kappa shape index (κ2) is 10.0. The number of anilines is 1. The predicted octanol–water partition coefficient (Wildman–Crippen LogP) is 3.86. The summed E-state index contributed by atoms with van der Waals surface area (Å²) in [7, 11) is 1.62. The number of carbonyl (C=O) groups excluding carboxylic acids is 2. The van der Waals surface area contributed by atoms with Crippen LogP contribution in [0.1, 0.15) is 29.7 Å². The monoisotopic (exact) mass is 386 g/mol. The highest BCUT2D eigenvalue weighted by atomic mass is 32.2. The van der Waals surface area contributed by atoms with Crippen molar-refractivity contribution < 1.29 is 14.3 Å². The molecule has 27 heavy (non-hydrogen) atoms. The zero-order valence-corrected chi connectivity index (χ0v) is 17.0. The molecule has 0 radical (unpaired) electrons.